The van der Waals surface area contributed by atoms with Crippen LogP contribution in [0.15, 0.2) is 0 Å². The van der Waals surface area contributed by atoms with Crippen LogP contribution < -0.4 is 11.1 Å². The third-order valence-electron chi connectivity index (χ3n) is 3.41. The van der Waals surface area contributed by atoms with Gasteiger partial charge in [0.2, 0.25) is 5.91 Å². The average Bonchev–Trinajstić information content (AvgIpc) is 2.86. The lowest BCUT2D eigenvalue weighted by atomic mass is 10.2. The molecule has 1 amide bonds. The van der Waals surface area contributed by atoms with E-state index in [0.29, 0.717) is 12.6 Å². The summed E-state index contributed by atoms with van der Waals surface area (Å²) in [6.45, 7) is 5.48. The van der Waals surface area contributed by atoms with Gasteiger partial charge in [-0.25, -0.2) is 8.42 Å². The van der Waals surface area contributed by atoms with E-state index >= 15 is 0 Å². The van der Waals surface area contributed by atoms with Crippen molar-refractivity contribution in [2.24, 2.45) is 5.73 Å². The molecule has 1 saturated heterocycles. The highest BCUT2D eigenvalue weighted by molar-refractivity contribution is 7.91. The molecule has 1 aliphatic rings. The Balaban J connectivity index is 2.43. The zero-order valence-electron chi connectivity index (χ0n) is 11.6. The molecule has 0 bridgehead atoms. The summed E-state index contributed by atoms with van der Waals surface area (Å²) in [4.78, 5) is 12.9. The summed E-state index contributed by atoms with van der Waals surface area (Å²) in [6.07, 6.45) is 2.00. The molecule has 1 rings (SSSR count). The molecule has 0 aromatic rings. The lowest BCUT2D eigenvalue weighted by molar-refractivity contribution is -0.117. The van der Waals surface area contributed by atoms with E-state index in [-0.39, 0.29) is 17.9 Å². The Bertz CT molecular complexity index is 378. The summed E-state index contributed by atoms with van der Waals surface area (Å²) in [7, 11) is -3.18. The fourth-order valence-corrected chi connectivity index (χ4v) is 3.56. The summed E-state index contributed by atoms with van der Waals surface area (Å²) < 4.78 is 23.6. The summed E-state index contributed by atoms with van der Waals surface area (Å²) in [5, 5.41) is 3.30. The second-order valence-electron chi connectivity index (χ2n) is 5.05. The molecule has 7 heteroatoms. The largest absolute Gasteiger partial charge is 0.370 e. The number of amides is 1. The van der Waals surface area contributed by atoms with E-state index in [9.17, 15) is 13.2 Å². The number of carbonyl (C=O) groups excluding carboxylic acids is 1. The SMILES string of the molecule is CCCN(CCS(=O)(=O)CCC(N)=O)C1CCNC1. The number of sulfone groups is 1. The molecule has 1 unspecified atom stereocenters. The first-order chi connectivity index (χ1) is 8.94. The van der Waals surface area contributed by atoms with Crippen LogP contribution >= 0.6 is 0 Å². The molecular weight excluding hydrogens is 266 g/mol. The van der Waals surface area contributed by atoms with Crippen LogP contribution in [-0.4, -0.2) is 63.0 Å². The Morgan fingerprint density at radius 1 is 1.37 bits per heavy atom. The first-order valence-corrected chi connectivity index (χ1v) is 8.70. The predicted molar refractivity (Wildman–Crippen MR) is 75.6 cm³/mol. The van der Waals surface area contributed by atoms with Gasteiger partial charge in [0.25, 0.3) is 0 Å². The number of rotatable bonds is 9. The topological polar surface area (TPSA) is 92.5 Å². The minimum Gasteiger partial charge on any atom is -0.370 e. The highest BCUT2D eigenvalue weighted by atomic mass is 32.2. The van der Waals surface area contributed by atoms with Crippen molar-refractivity contribution in [3.05, 3.63) is 0 Å². The van der Waals surface area contributed by atoms with Crippen LogP contribution in [0.5, 0.6) is 0 Å². The van der Waals surface area contributed by atoms with Gasteiger partial charge in [-0.1, -0.05) is 6.92 Å². The fraction of sp³-hybridized carbons (Fsp3) is 0.917. The smallest absolute Gasteiger partial charge is 0.218 e. The molecule has 0 aromatic heterocycles. The van der Waals surface area contributed by atoms with Crippen molar-refractivity contribution in [2.75, 3.05) is 37.7 Å². The quantitative estimate of drug-likeness (QED) is 0.589. The van der Waals surface area contributed by atoms with E-state index in [2.05, 4.69) is 17.1 Å². The van der Waals surface area contributed by atoms with Crippen molar-refractivity contribution in [1.82, 2.24) is 10.2 Å². The number of hydrogen-bond acceptors (Lipinski definition) is 5. The Morgan fingerprint density at radius 3 is 2.63 bits per heavy atom. The summed E-state index contributed by atoms with van der Waals surface area (Å²) >= 11 is 0. The minimum absolute atomic E-state index is 0.0822. The molecule has 1 heterocycles. The monoisotopic (exact) mass is 291 g/mol. The van der Waals surface area contributed by atoms with Gasteiger partial charge in [-0.3, -0.25) is 9.69 Å². The summed E-state index contributed by atoms with van der Waals surface area (Å²) in [6, 6.07) is 0.436. The molecular formula is C12H25N3O3S. The van der Waals surface area contributed by atoms with Gasteiger partial charge in [-0.2, -0.15) is 0 Å². The van der Waals surface area contributed by atoms with Crippen molar-refractivity contribution < 1.29 is 13.2 Å². The summed E-state index contributed by atoms with van der Waals surface area (Å²) in [5.74, 6) is -0.587. The highest BCUT2D eigenvalue weighted by Crippen LogP contribution is 2.09. The second kappa shape index (κ2) is 7.81. The Labute approximate surface area is 115 Å². The molecule has 0 radical (unpaired) electrons. The van der Waals surface area contributed by atoms with Crippen LogP contribution in [0.25, 0.3) is 0 Å². The fourth-order valence-electron chi connectivity index (χ4n) is 2.33. The Hall–Kier alpha value is -0.660. The normalized spacial score (nSPS) is 20.0. The molecule has 112 valence electrons. The molecule has 1 aliphatic heterocycles. The molecule has 6 nitrogen and oxygen atoms in total. The number of hydrogen-bond donors (Lipinski definition) is 2. The molecule has 1 fully saturated rings. The lowest BCUT2D eigenvalue weighted by Crippen LogP contribution is -2.40. The van der Waals surface area contributed by atoms with Crippen LogP contribution in [0.2, 0.25) is 0 Å². The molecule has 1 atom stereocenters. The first kappa shape index (κ1) is 16.4. The zero-order chi connectivity index (χ0) is 14.3. The number of nitrogens with zero attached hydrogens (tertiary/aromatic N) is 1. The van der Waals surface area contributed by atoms with E-state index in [1.54, 1.807) is 0 Å². The maximum absolute atomic E-state index is 11.8. The van der Waals surface area contributed by atoms with Crippen LogP contribution in [0.3, 0.4) is 0 Å². The molecule has 0 aromatic carbocycles. The maximum atomic E-state index is 11.8. The van der Waals surface area contributed by atoms with Crippen molar-refractivity contribution in [2.45, 2.75) is 32.2 Å². The number of nitrogens with two attached hydrogens (primary N) is 1. The third-order valence-corrected chi connectivity index (χ3v) is 5.04. The van der Waals surface area contributed by atoms with Gasteiger partial charge in [-0.15, -0.1) is 0 Å². The van der Waals surface area contributed by atoms with Crippen molar-refractivity contribution >= 4 is 15.7 Å². The van der Waals surface area contributed by atoms with Gasteiger partial charge in [0.05, 0.1) is 11.5 Å². The van der Waals surface area contributed by atoms with Crippen molar-refractivity contribution in [3.63, 3.8) is 0 Å². The Morgan fingerprint density at radius 2 is 2.11 bits per heavy atom. The minimum atomic E-state index is -3.18. The van der Waals surface area contributed by atoms with Gasteiger partial charge in [0.15, 0.2) is 9.84 Å². The van der Waals surface area contributed by atoms with Gasteiger partial charge < -0.3 is 11.1 Å². The second-order valence-corrected chi connectivity index (χ2v) is 7.35. The predicted octanol–water partition coefficient (Wildman–Crippen LogP) is -0.649. The molecule has 0 saturated carbocycles. The standard InChI is InChI=1S/C12H25N3O3S/c1-2-6-15(11-3-5-14-10-11)7-9-19(17,18)8-4-12(13)16/h11,14H,2-10H2,1H3,(H2,13,16). The highest BCUT2D eigenvalue weighted by Gasteiger charge is 2.23. The average molecular weight is 291 g/mol. The van der Waals surface area contributed by atoms with Gasteiger partial charge in [0, 0.05) is 25.6 Å². The van der Waals surface area contributed by atoms with E-state index in [4.69, 9.17) is 5.73 Å². The number of primary amides is 1. The van der Waals surface area contributed by atoms with Crippen LogP contribution in [0.1, 0.15) is 26.2 Å². The third kappa shape index (κ3) is 6.35. The van der Waals surface area contributed by atoms with Gasteiger partial charge >= 0.3 is 0 Å². The van der Waals surface area contributed by atoms with Gasteiger partial charge in [-0.05, 0) is 25.9 Å². The van der Waals surface area contributed by atoms with Gasteiger partial charge in [0.1, 0.15) is 0 Å². The lowest BCUT2D eigenvalue weighted by Gasteiger charge is -2.27. The van der Waals surface area contributed by atoms with E-state index in [1.165, 1.54) is 0 Å². The van der Waals surface area contributed by atoms with Crippen LogP contribution in [-0.2, 0) is 14.6 Å². The molecule has 0 aliphatic carbocycles. The van der Waals surface area contributed by atoms with Crippen LogP contribution in [0, 0.1) is 0 Å². The molecule has 3 N–H and O–H groups in total. The van der Waals surface area contributed by atoms with E-state index in [0.717, 1.165) is 32.5 Å². The molecule has 0 spiro atoms. The van der Waals surface area contributed by atoms with E-state index < -0.39 is 15.7 Å². The van der Waals surface area contributed by atoms with Crippen molar-refractivity contribution in [1.29, 1.82) is 0 Å². The number of nitrogens with one attached hydrogen (secondary N) is 1. The number of carbonyl (C=O) groups is 1. The summed E-state index contributed by atoms with van der Waals surface area (Å²) in [5.41, 5.74) is 4.98. The first-order valence-electron chi connectivity index (χ1n) is 6.88. The molecule has 19 heavy (non-hydrogen) atoms. The maximum Gasteiger partial charge on any atom is 0.218 e. The van der Waals surface area contributed by atoms with Crippen molar-refractivity contribution in [3.8, 4) is 0 Å². The Kier molecular flexibility index (Phi) is 6.74. The van der Waals surface area contributed by atoms with Crippen LogP contribution in [0.4, 0.5) is 0 Å². The van der Waals surface area contributed by atoms with E-state index in [1.807, 2.05) is 0 Å². The zero-order valence-corrected chi connectivity index (χ0v) is 12.4.